The van der Waals surface area contributed by atoms with Crippen LogP contribution in [0, 0.1) is 18.8 Å². The van der Waals surface area contributed by atoms with Crippen molar-refractivity contribution in [3.05, 3.63) is 29.3 Å². The average Bonchev–Trinajstić information content (AvgIpc) is 3.27. The second kappa shape index (κ2) is 5.47. The van der Waals surface area contributed by atoms with Gasteiger partial charge in [0.1, 0.15) is 5.75 Å². The second-order valence-electron chi connectivity index (χ2n) is 6.34. The van der Waals surface area contributed by atoms with Gasteiger partial charge >= 0.3 is 5.97 Å². The maximum absolute atomic E-state index is 11.1. The largest absolute Gasteiger partial charge is 0.493 e. The predicted octanol–water partition coefficient (Wildman–Crippen LogP) is 3.75. The lowest BCUT2D eigenvalue weighted by Crippen LogP contribution is -2.11. The van der Waals surface area contributed by atoms with Gasteiger partial charge in [-0.2, -0.15) is 0 Å². The van der Waals surface area contributed by atoms with Crippen molar-refractivity contribution in [2.45, 2.75) is 44.9 Å². The molecule has 1 unspecified atom stereocenters. The van der Waals surface area contributed by atoms with Gasteiger partial charge in [-0.15, -0.1) is 0 Å². The lowest BCUT2D eigenvalue weighted by molar-refractivity contribution is -0.137. The van der Waals surface area contributed by atoms with E-state index < -0.39 is 5.97 Å². The molecular weight excluding hydrogens is 252 g/mol. The molecular formula is C17H22O3. The van der Waals surface area contributed by atoms with Crippen LogP contribution >= 0.6 is 0 Å². The number of carbonyl (C=O) groups is 1. The monoisotopic (exact) mass is 274 g/mol. The molecule has 1 atom stereocenters. The molecule has 1 aromatic rings. The number of rotatable bonds is 7. The molecule has 20 heavy (non-hydrogen) atoms. The van der Waals surface area contributed by atoms with Crippen molar-refractivity contribution in [2.75, 3.05) is 6.61 Å². The maximum atomic E-state index is 11.1. The Labute approximate surface area is 120 Å². The van der Waals surface area contributed by atoms with Gasteiger partial charge in [0.15, 0.2) is 0 Å². The van der Waals surface area contributed by atoms with Crippen LogP contribution < -0.4 is 4.74 Å². The van der Waals surface area contributed by atoms with E-state index in [0.717, 1.165) is 30.8 Å². The molecule has 108 valence electrons. The van der Waals surface area contributed by atoms with Crippen LogP contribution in [-0.2, 0) is 4.79 Å². The summed E-state index contributed by atoms with van der Waals surface area (Å²) in [7, 11) is 0. The zero-order chi connectivity index (χ0) is 14.1. The van der Waals surface area contributed by atoms with E-state index in [-0.39, 0.29) is 12.3 Å². The van der Waals surface area contributed by atoms with Crippen LogP contribution in [-0.4, -0.2) is 17.7 Å². The molecule has 0 bridgehead atoms. The Morgan fingerprint density at radius 3 is 2.70 bits per heavy atom. The van der Waals surface area contributed by atoms with E-state index in [9.17, 15) is 4.79 Å². The molecule has 3 heteroatoms. The number of benzene rings is 1. The highest BCUT2D eigenvalue weighted by molar-refractivity contribution is 5.68. The zero-order valence-corrected chi connectivity index (χ0v) is 12.0. The highest BCUT2D eigenvalue weighted by atomic mass is 16.5. The number of hydrogen-bond donors (Lipinski definition) is 1. The molecule has 0 aliphatic heterocycles. The third-order valence-electron chi connectivity index (χ3n) is 4.32. The third-order valence-corrected chi connectivity index (χ3v) is 4.32. The molecule has 0 amide bonds. The summed E-state index contributed by atoms with van der Waals surface area (Å²) in [4.78, 5) is 11.1. The van der Waals surface area contributed by atoms with Crippen molar-refractivity contribution in [1.82, 2.24) is 0 Å². The highest BCUT2D eigenvalue weighted by Crippen LogP contribution is 2.47. The fourth-order valence-electron chi connectivity index (χ4n) is 2.80. The minimum Gasteiger partial charge on any atom is -0.493 e. The Hall–Kier alpha value is -1.51. The van der Waals surface area contributed by atoms with Gasteiger partial charge in [0, 0.05) is 5.92 Å². The third kappa shape index (κ3) is 3.33. The SMILES string of the molecule is Cc1ccc(OCC2CC2)c(C(CC(=O)O)C2CC2)c1. The minimum atomic E-state index is -0.712. The minimum absolute atomic E-state index is 0.113. The molecule has 0 aromatic heterocycles. The highest BCUT2D eigenvalue weighted by Gasteiger charge is 2.35. The van der Waals surface area contributed by atoms with Gasteiger partial charge in [-0.1, -0.05) is 17.7 Å². The Morgan fingerprint density at radius 1 is 1.35 bits per heavy atom. The molecule has 3 rings (SSSR count). The van der Waals surface area contributed by atoms with Gasteiger partial charge in [-0.25, -0.2) is 0 Å². The molecule has 2 saturated carbocycles. The summed E-state index contributed by atoms with van der Waals surface area (Å²) in [6, 6.07) is 6.19. The summed E-state index contributed by atoms with van der Waals surface area (Å²) >= 11 is 0. The molecule has 3 nitrogen and oxygen atoms in total. The summed E-state index contributed by atoms with van der Waals surface area (Å²) in [5.41, 5.74) is 2.28. The van der Waals surface area contributed by atoms with Crippen molar-refractivity contribution in [3.63, 3.8) is 0 Å². The molecule has 2 aliphatic carbocycles. The van der Waals surface area contributed by atoms with Crippen LogP contribution in [0.1, 0.15) is 49.1 Å². The van der Waals surface area contributed by atoms with Crippen LogP contribution in [0.4, 0.5) is 0 Å². The Balaban J connectivity index is 1.82. The van der Waals surface area contributed by atoms with Crippen LogP contribution in [0.3, 0.4) is 0 Å². The van der Waals surface area contributed by atoms with E-state index in [2.05, 4.69) is 19.1 Å². The number of aliphatic carboxylic acids is 1. The lowest BCUT2D eigenvalue weighted by atomic mass is 9.89. The summed E-state index contributed by atoms with van der Waals surface area (Å²) in [5, 5.41) is 9.17. The predicted molar refractivity (Wildman–Crippen MR) is 77.1 cm³/mol. The standard InChI is InChI=1S/C17H22O3/c1-11-2-7-16(20-10-12-3-4-12)15(8-11)14(9-17(18)19)13-5-6-13/h2,7-8,12-14H,3-6,9-10H2,1H3,(H,18,19). The van der Waals surface area contributed by atoms with Crippen LogP contribution in [0.2, 0.25) is 0 Å². The van der Waals surface area contributed by atoms with E-state index >= 15 is 0 Å². The molecule has 1 N–H and O–H groups in total. The molecule has 1 aromatic carbocycles. The number of aryl methyl sites for hydroxylation is 1. The first-order valence-corrected chi connectivity index (χ1v) is 7.58. The van der Waals surface area contributed by atoms with E-state index in [1.165, 1.54) is 18.4 Å². The zero-order valence-electron chi connectivity index (χ0n) is 12.0. The normalized spacial score (nSPS) is 19.6. The number of carboxylic acid groups (broad SMARTS) is 1. The molecule has 0 heterocycles. The molecule has 0 spiro atoms. The lowest BCUT2D eigenvalue weighted by Gasteiger charge is -2.19. The number of ether oxygens (including phenoxy) is 1. The first kappa shape index (κ1) is 13.5. The Kier molecular flexibility index (Phi) is 3.68. The second-order valence-corrected chi connectivity index (χ2v) is 6.34. The fraction of sp³-hybridized carbons (Fsp3) is 0.588. The van der Waals surface area contributed by atoms with Gasteiger partial charge < -0.3 is 9.84 Å². The summed E-state index contributed by atoms with van der Waals surface area (Å²) in [5.74, 6) is 1.54. The molecule has 2 aliphatic rings. The quantitative estimate of drug-likeness (QED) is 0.823. The van der Waals surface area contributed by atoms with Crippen molar-refractivity contribution >= 4 is 5.97 Å². The van der Waals surface area contributed by atoms with Gasteiger partial charge in [0.2, 0.25) is 0 Å². The summed E-state index contributed by atoms with van der Waals surface area (Å²) in [6.45, 7) is 2.83. The van der Waals surface area contributed by atoms with E-state index in [0.29, 0.717) is 11.8 Å². The summed E-state index contributed by atoms with van der Waals surface area (Å²) < 4.78 is 5.96. The van der Waals surface area contributed by atoms with Crippen LogP contribution in [0.15, 0.2) is 18.2 Å². The van der Waals surface area contributed by atoms with E-state index in [1.807, 2.05) is 6.07 Å². The smallest absolute Gasteiger partial charge is 0.303 e. The summed E-state index contributed by atoms with van der Waals surface area (Å²) in [6.07, 6.45) is 5.04. The molecule has 0 saturated heterocycles. The molecule has 0 radical (unpaired) electrons. The van der Waals surface area contributed by atoms with E-state index in [1.54, 1.807) is 0 Å². The first-order valence-electron chi connectivity index (χ1n) is 7.58. The van der Waals surface area contributed by atoms with Crippen molar-refractivity contribution in [2.24, 2.45) is 11.8 Å². The Morgan fingerprint density at radius 2 is 2.10 bits per heavy atom. The van der Waals surface area contributed by atoms with Crippen molar-refractivity contribution in [1.29, 1.82) is 0 Å². The van der Waals surface area contributed by atoms with Crippen molar-refractivity contribution in [3.8, 4) is 5.75 Å². The average molecular weight is 274 g/mol. The first-order chi connectivity index (χ1) is 9.63. The van der Waals surface area contributed by atoms with Gasteiger partial charge in [0.05, 0.1) is 13.0 Å². The Bertz CT molecular complexity index is 501. The maximum Gasteiger partial charge on any atom is 0.303 e. The van der Waals surface area contributed by atoms with Gasteiger partial charge in [-0.3, -0.25) is 4.79 Å². The van der Waals surface area contributed by atoms with Crippen LogP contribution in [0.25, 0.3) is 0 Å². The van der Waals surface area contributed by atoms with Gasteiger partial charge in [-0.05, 0) is 56.1 Å². The van der Waals surface area contributed by atoms with Crippen molar-refractivity contribution < 1.29 is 14.6 Å². The fourth-order valence-corrected chi connectivity index (χ4v) is 2.80. The number of carboxylic acids is 1. The molecule has 2 fully saturated rings. The van der Waals surface area contributed by atoms with Crippen LogP contribution in [0.5, 0.6) is 5.75 Å². The topological polar surface area (TPSA) is 46.5 Å². The number of hydrogen-bond acceptors (Lipinski definition) is 2. The van der Waals surface area contributed by atoms with E-state index in [4.69, 9.17) is 9.84 Å². The van der Waals surface area contributed by atoms with Gasteiger partial charge in [0.25, 0.3) is 0 Å².